The number of unbranched alkanes of at least 4 members (excludes halogenated alkanes) is 5. The molecule has 104 valence electrons. The molecule has 4 nitrogen and oxygen atoms in total. The minimum absolute atomic E-state index is 0.264. The number of rotatable bonds is 10. The molecule has 0 aliphatic carbocycles. The van der Waals surface area contributed by atoms with Gasteiger partial charge in [-0.3, -0.25) is 4.79 Å². The first-order chi connectivity index (χ1) is 8.45. The molecular formula is C14H24O4. The lowest BCUT2D eigenvalue weighted by Crippen LogP contribution is -1.99. The maximum Gasteiger partial charge on any atom is 0.331 e. The second kappa shape index (κ2) is 9.68. The lowest BCUT2D eigenvalue weighted by molar-refractivity contribution is -0.137. The van der Waals surface area contributed by atoms with Crippen molar-refractivity contribution < 1.29 is 19.8 Å². The molecule has 0 aromatic carbocycles. The summed E-state index contributed by atoms with van der Waals surface area (Å²) < 4.78 is 0. The van der Waals surface area contributed by atoms with Gasteiger partial charge in [0.25, 0.3) is 0 Å². The van der Waals surface area contributed by atoms with Gasteiger partial charge in [-0.1, -0.05) is 31.3 Å². The van der Waals surface area contributed by atoms with Crippen LogP contribution in [-0.4, -0.2) is 22.2 Å². The van der Waals surface area contributed by atoms with Crippen molar-refractivity contribution in [3.05, 3.63) is 11.1 Å². The Hall–Kier alpha value is -1.32. The van der Waals surface area contributed by atoms with Gasteiger partial charge in [0.15, 0.2) is 0 Å². The van der Waals surface area contributed by atoms with Gasteiger partial charge in [0.1, 0.15) is 0 Å². The van der Waals surface area contributed by atoms with Crippen LogP contribution in [0, 0.1) is 0 Å². The molecule has 0 aromatic heterocycles. The summed E-state index contributed by atoms with van der Waals surface area (Å²) >= 11 is 0. The zero-order valence-electron chi connectivity index (χ0n) is 11.4. The molecule has 0 heterocycles. The van der Waals surface area contributed by atoms with Gasteiger partial charge >= 0.3 is 11.9 Å². The van der Waals surface area contributed by atoms with Crippen molar-refractivity contribution in [1.29, 1.82) is 0 Å². The van der Waals surface area contributed by atoms with Gasteiger partial charge in [-0.2, -0.15) is 0 Å². The Morgan fingerprint density at radius 1 is 0.778 bits per heavy atom. The normalized spacial score (nSPS) is 12.1. The summed E-state index contributed by atoms with van der Waals surface area (Å²) in [6, 6.07) is 0. The van der Waals surface area contributed by atoms with Crippen molar-refractivity contribution in [3.63, 3.8) is 0 Å². The van der Waals surface area contributed by atoms with Crippen molar-refractivity contribution >= 4 is 11.9 Å². The van der Waals surface area contributed by atoms with E-state index in [0.717, 1.165) is 50.5 Å². The molecule has 0 saturated carbocycles. The number of carboxylic acids is 2. The second-order valence-electron chi connectivity index (χ2n) is 4.73. The highest BCUT2D eigenvalue weighted by molar-refractivity contribution is 5.86. The summed E-state index contributed by atoms with van der Waals surface area (Å²) in [4.78, 5) is 21.0. The highest BCUT2D eigenvalue weighted by atomic mass is 16.4. The van der Waals surface area contributed by atoms with Gasteiger partial charge < -0.3 is 10.2 Å². The molecule has 0 atom stereocenters. The minimum Gasteiger partial charge on any atom is -0.481 e. The van der Waals surface area contributed by atoms with E-state index < -0.39 is 11.9 Å². The molecule has 0 spiro atoms. The second-order valence-corrected chi connectivity index (χ2v) is 4.73. The molecule has 0 bridgehead atoms. The molecule has 18 heavy (non-hydrogen) atoms. The van der Waals surface area contributed by atoms with E-state index >= 15 is 0 Å². The van der Waals surface area contributed by atoms with Crippen LogP contribution in [0.5, 0.6) is 0 Å². The van der Waals surface area contributed by atoms with Gasteiger partial charge in [0.2, 0.25) is 0 Å². The Kier molecular flexibility index (Phi) is 8.97. The van der Waals surface area contributed by atoms with Crippen LogP contribution in [0.3, 0.4) is 0 Å². The Morgan fingerprint density at radius 2 is 1.22 bits per heavy atom. The van der Waals surface area contributed by atoms with Crippen molar-refractivity contribution in [2.24, 2.45) is 0 Å². The average molecular weight is 256 g/mol. The number of allylic oxidation sites excluding steroid dienone is 1. The quantitative estimate of drug-likeness (QED) is 0.462. The van der Waals surface area contributed by atoms with Crippen LogP contribution < -0.4 is 0 Å². The van der Waals surface area contributed by atoms with Gasteiger partial charge in [-0.25, -0.2) is 4.79 Å². The zero-order chi connectivity index (χ0) is 14.0. The fraction of sp³-hybridized carbons (Fsp3) is 0.714. The molecule has 0 aromatic rings. The van der Waals surface area contributed by atoms with E-state index in [2.05, 4.69) is 0 Å². The van der Waals surface area contributed by atoms with Gasteiger partial charge in [0.05, 0.1) is 0 Å². The average Bonchev–Trinajstić information content (AvgIpc) is 2.30. The molecule has 0 amide bonds. The molecule has 0 aliphatic heterocycles. The monoisotopic (exact) mass is 256 g/mol. The Labute approximate surface area is 109 Å². The van der Waals surface area contributed by atoms with Crippen LogP contribution in [0.15, 0.2) is 11.1 Å². The minimum atomic E-state index is -0.832. The Bertz CT molecular complexity index is 305. The molecule has 0 aliphatic rings. The first-order valence-electron chi connectivity index (χ1n) is 6.56. The van der Waals surface area contributed by atoms with Crippen molar-refractivity contribution in [3.8, 4) is 0 Å². The lowest BCUT2D eigenvalue weighted by Gasteiger charge is -2.04. The molecule has 4 heteroatoms. The third-order valence-electron chi connectivity index (χ3n) is 3.15. The van der Waals surface area contributed by atoms with E-state index in [1.807, 2.05) is 6.92 Å². The lowest BCUT2D eigenvalue weighted by atomic mass is 10.0. The summed E-state index contributed by atoms with van der Waals surface area (Å²) in [6.45, 7) is 3.51. The van der Waals surface area contributed by atoms with Crippen molar-refractivity contribution in [2.75, 3.05) is 0 Å². The number of carbonyl (C=O) groups is 2. The predicted molar refractivity (Wildman–Crippen MR) is 70.6 cm³/mol. The van der Waals surface area contributed by atoms with E-state index in [0.29, 0.717) is 5.57 Å². The SMILES string of the molecule is C/C(CCCCCCCCC(=O)O)=C(/C)C(=O)O. The maximum absolute atomic E-state index is 10.7. The summed E-state index contributed by atoms with van der Waals surface area (Å²) in [5.74, 6) is -1.55. The predicted octanol–water partition coefficient (Wildman–Crippen LogP) is 3.61. The van der Waals surface area contributed by atoms with Crippen LogP contribution in [0.2, 0.25) is 0 Å². The van der Waals surface area contributed by atoms with Crippen molar-refractivity contribution in [2.45, 2.75) is 65.2 Å². The fourth-order valence-corrected chi connectivity index (χ4v) is 1.74. The van der Waals surface area contributed by atoms with E-state index in [9.17, 15) is 9.59 Å². The largest absolute Gasteiger partial charge is 0.481 e. The van der Waals surface area contributed by atoms with Crippen LogP contribution in [0.1, 0.15) is 65.2 Å². The van der Waals surface area contributed by atoms with Crippen molar-refractivity contribution in [1.82, 2.24) is 0 Å². The zero-order valence-corrected chi connectivity index (χ0v) is 11.4. The third kappa shape index (κ3) is 8.79. The molecule has 0 rings (SSSR count). The summed E-state index contributed by atoms with van der Waals surface area (Å²) in [5, 5.41) is 17.3. The smallest absolute Gasteiger partial charge is 0.331 e. The maximum atomic E-state index is 10.7. The number of aliphatic carboxylic acids is 2. The van der Waals surface area contributed by atoms with E-state index in [4.69, 9.17) is 10.2 Å². The van der Waals surface area contributed by atoms with Gasteiger partial charge in [-0.15, -0.1) is 0 Å². The highest BCUT2D eigenvalue weighted by Crippen LogP contribution is 2.14. The number of carboxylic acid groups (broad SMARTS) is 2. The van der Waals surface area contributed by atoms with E-state index in [1.165, 1.54) is 0 Å². The van der Waals surface area contributed by atoms with Crippen LogP contribution >= 0.6 is 0 Å². The molecule has 0 radical (unpaired) electrons. The van der Waals surface area contributed by atoms with Gasteiger partial charge in [-0.05, 0) is 33.1 Å². The summed E-state index contributed by atoms with van der Waals surface area (Å²) in [6.07, 6.45) is 7.08. The molecule has 0 saturated heterocycles. The molecule has 0 unspecified atom stereocenters. The fourth-order valence-electron chi connectivity index (χ4n) is 1.74. The summed E-state index contributed by atoms with van der Waals surface area (Å²) in [5.41, 5.74) is 1.41. The van der Waals surface area contributed by atoms with Crippen LogP contribution in [0.25, 0.3) is 0 Å². The first kappa shape index (κ1) is 16.7. The molecule has 2 N–H and O–H groups in total. The van der Waals surface area contributed by atoms with Gasteiger partial charge in [0, 0.05) is 12.0 Å². The molecule has 0 fully saturated rings. The first-order valence-corrected chi connectivity index (χ1v) is 6.56. The van der Waals surface area contributed by atoms with Crippen LogP contribution in [0.4, 0.5) is 0 Å². The van der Waals surface area contributed by atoms with Crippen LogP contribution in [-0.2, 0) is 9.59 Å². The Balaban J connectivity index is 3.49. The number of hydrogen-bond donors (Lipinski definition) is 2. The van der Waals surface area contributed by atoms with E-state index in [-0.39, 0.29) is 6.42 Å². The highest BCUT2D eigenvalue weighted by Gasteiger charge is 2.04. The summed E-state index contributed by atoms with van der Waals surface area (Å²) in [7, 11) is 0. The topological polar surface area (TPSA) is 74.6 Å². The third-order valence-corrected chi connectivity index (χ3v) is 3.15. The molecular weight excluding hydrogens is 232 g/mol. The Morgan fingerprint density at radius 3 is 1.67 bits per heavy atom. The number of hydrogen-bond acceptors (Lipinski definition) is 2. The van der Waals surface area contributed by atoms with E-state index in [1.54, 1.807) is 6.92 Å². The standard InChI is InChI=1S/C14H24O4/c1-11(12(2)14(17)18)9-7-5-3-4-6-8-10-13(15)16/h3-10H2,1-2H3,(H,15,16)(H,17,18)/b12-11+.